The van der Waals surface area contributed by atoms with E-state index in [2.05, 4.69) is 96.1 Å². The first-order chi connectivity index (χ1) is 52.0. The van der Waals surface area contributed by atoms with Crippen LogP contribution in [0.25, 0.3) is 0 Å². The summed E-state index contributed by atoms with van der Waals surface area (Å²) in [7, 11) is 0. The molecule has 0 amide bonds. The van der Waals surface area contributed by atoms with Crippen LogP contribution in [0.4, 0.5) is 0 Å². The van der Waals surface area contributed by atoms with E-state index in [0.717, 1.165) is 87.7 Å². The molecular formula is C93H159N3O6S3. The highest BCUT2D eigenvalue weighted by Crippen LogP contribution is 2.41. The molecule has 0 fully saturated rings. The number of benzene rings is 3. The lowest BCUT2D eigenvalue weighted by molar-refractivity contribution is 0.257. The predicted octanol–water partition coefficient (Wildman–Crippen LogP) is 32.1. The van der Waals surface area contributed by atoms with E-state index in [0.29, 0.717) is 55.1 Å². The van der Waals surface area contributed by atoms with Crippen LogP contribution in [-0.4, -0.2) is 54.6 Å². The van der Waals surface area contributed by atoms with Crippen molar-refractivity contribution < 1.29 is 28.4 Å². The Morgan fingerprint density at radius 3 is 0.486 bits per heavy atom. The standard InChI is InChI=1S/C93H159N3O6S3/c1-7-13-19-25-31-37-43-49-55-61-73-97-85-70-67-82(79-88(85)100-76-64-58-52-46-40-34-28-22-16-10-4)103-91-94-92(104-83-68-71-86(98-74-62-56-50-44-38-32-26-20-14-8-2)89(80-83)101-77-65-59-53-47-41-35-29-23-17-11-5)96-93(95-91)105-84-69-72-87(99-75-63-57-51-45-39-33-27-21-15-9-3)90(81-84)102-78-66-60-54-48-42-36-30-24-18-12-6/h67-72,79-81H,7-66,73-78H2,1-6H3. The van der Waals surface area contributed by atoms with Gasteiger partial charge in [0.15, 0.2) is 50.0 Å². The summed E-state index contributed by atoms with van der Waals surface area (Å²) in [6.45, 7) is 17.8. The quantitative estimate of drug-likeness (QED) is 0.0394. The van der Waals surface area contributed by atoms with Crippen LogP contribution in [0, 0.1) is 0 Å². The molecule has 0 aliphatic carbocycles. The summed E-state index contributed by atoms with van der Waals surface area (Å²) in [5.74, 6) is 4.83. The third-order valence-electron chi connectivity index (χ3n) is 20.5. The van der Waals surface area contributed by atoms with Crippen molar-refractivity contribution in [1.29, 1.82) is 0 Å². The van der Waals surface area contributed by atoms with E-state index < -0.39 is 0 Å². The predicted molar refractivity (Wildman–Crippen MR) is 456 cm³/mol. The maximum Gasteiger partial charge on any atom is 0.197 e. The topological polar surface area (TPSA) is 94.1 Å². The number of hydrogen-bond donors (Lipinski definition) is 0. The van der Waals surface area contributed by atoms with Gasteiger partial charge in [-0.05, 0) is 128 Å². The summed E-state index contributed by atoms with van der Waals surface area (Å²) in [6, 6.07) is 19.2. The van der Waals surface area contributed by atoms with E-state index in [1.807, 2.05) is 0 Å². The van der Waals surface area contributed by atoms with Gasteiger partial charge in [-0.15, -0.1) is 0 Å². The van der Waals surface area contributed by atoms with Gasteiger partial charge in [0.2, 0.25) is 0 Å². The molecule has 0 radical (unpaired) electrons. The van der Waals surface area contributed by atoms with Crippen LogP contribution < -0.4 is 28.4 Å². The largest absolute Gasteiger partial charge is 0.490 e. The van der Waals surface area contributed by atoms with Gasteiger partial charge in [-0.25, -0.2) is 0 Å². The number of ether oxygens (including phenoxy) is 6. The van der Waals surface area contributed by atoms with Crippen molar-refractivity contribution in [3.05, 3.63) is 54.6 Å². The van der Waals surface area contributed by atoms with E-state index in [1.54, 1.807) is 35.3 Å². The molecule has 105 heavy (non-hydrogen) atoms. The van der Waals surface area contributed by atoms with Gasteiger partial charge < -0.3 is 28.4 Å². The smallest absolute Gasteiger partial charge is 0.197 e. The molecule has 1 aromatic heterocycles. The molecule has 600 valence electrons. The highest BCUT2D eigenvalue weighted by molar-refractivity contribution is 8.00. The van der Waals surface area contributed by atoms with Crippen LogP contribution in [0.2, 0.25) is 0 Å². The zero-order valence-corrected chi connectivity index (χ0v) is 71.3. The average Bonchev–Trinajstić information content (AvgIpc) is 0.828. The van der Waals surface area contributed by atoms with E-state index in [9.17, 15) is 0 Å². The highest BCUT2D eigenvalue weighted by atomic mass is 32.2. The van der Waals surface area contributed by atoms with Crippen LogP contribution in [-0.2, 0) is 0 Å². The van der Waals surface area contributed by atoms with Crippen molar-refractivity contribution >= 4 is 35.3 Å². The van der Waals surface area contributed by atoms with Gasteiger partial charge in [0, 0.05) is 14.7 Å². The second-order valence-corrected chi connectivity index (χ2v) is 33.6. The summed E-state index contributed by atoms with van der Waals surface area (Å²) in [5.41, 5.74) is 0. The van der Waals surface area contributed by atoms with Crippen LogP contribution in [0.5, 0.6) is 34.5 Å². The Bertz CT molecular complexity index is 2300. The maximum absolute atomic E-state index is 6.71. The number of unbranched alkanes of at least 4 members (excludes halogenated alkanes) is 54. The molecule has 0 saturated carbocycles. The molecule has 4 aromatic rings. The van der Waals surface area contributed by atoms with Crippen molar-refractivity contribution in [1.82, 2.24) is 15.0 Å². The minimum Gasteiger partial charge on any atom is -0.490 e. The average molecular weight is 1510 g/mol. The number of hydrogen-bond acceptors (Lipinski definition) is 12. The Hall–Kier alpha value is -3.48. The fraction of sp³-hybridized carbons (Fsp3) is 0.774. The number of nitrogens with zero attached hydrogens (tertiary/aromatic N) is 3. The van der Waals surface area contributed by atoms with E-state index in [4.69, 9.17) is 43.4 Å². The second-order valence-electron chi connectivity index (χ2n) is 30.5. The lowest BCUT2D eigenvalue weighted by atomic mass is 10.1. The third-order valence-corrected chi connectivity index (χ3v) is 23.0. The summed E-state index contributed by atoms with van der Waals surface area (Å²) in [5, 5.41) is 1.87. The van der Waals surface area contributed by atoms with Crippen molar-refractivity contribution in [2.24, 2.45) is 0 Å². The Kier molecular flexibility index (Phi) is 62.3. The van der Waals surface area contributed by atoms with Crippen molar-refractivity contribution in [2.75, 3.05) is 39.6 Å². The molecule has 1 heterocycles. The second kappa shape index (κ2) is 69.7. The lowest BCUT2D eigenvalue weighted by Gasteiger charge is -2.15. The third kappa shape index (κ3) is 51.6. The summed E-state index contributed by atoms with van der Waals surface area (Å²) >= 11 is 4.66. The molecule has 0 aliphatic rings. The molecule has 0 saturated heterocycles. The van der Waals surface area contributed by atoms with Gasteiger partial charge in [0.25, 0.3) is 0 Å². The monoisotopic (exact) mass is 1510 g/mol. The van der Waals surface area contributed by atoms with Gasteiger partial charge in [-0.3, -0.25) is 0 Å². The Labute approximate surface area is 660 Å². The Balaban J connectivity index is 1.63. The first-order valence-electron chi connectivity index (χ1n) is 45.0. The molecule has 9 nitrogen and oxygen atoms in total. The first kappa shape index (κ1) is 93.9. The van der Waals surface area contributed by atoms with Crippen molar-refractivity contribution in [2.45, 2.75) is 457 Å². The number of rotatable bonds is 78. The summed E-state index contributed by atoms with van der Waals surface area (Å²) in [4.78, 5) is 18.8. The van der Waals surface area contributed by atoms with Crippen molar-refractivity contribution in [3.63, 3.8) is 0 Å². The van der Waals surface area contributed by atoms with Gasteiger partial charge in [-0.2, -0.15) is 15.0 Å². The lowest BCUT2D eigenvalue weighted by Crippen LogP contribution is -2.03. The van der Waals surface area contributed by atoms with E-state index in [1.165, 1.54) is 347 Å². The van der Waals surface area contributed by atoms with Crippen LogP contribution in [0.15, 0.2) is 84.8 Å². The Morgan fingerprint density at radius 1 is 0.181 bits per heavy atom. The molecule has 3 aromatic carbocycles. The summed E-state index contributed by atoms with van der Waals surface area (Å²) < 4.78 is 39.9. The summed E-state index contributed by atoms with van der Waals surface area (Å²) in [6.07, 6.45) is 77.4. The molecule has 0 aliphatic heterocycles. The molecular weight excluding hydrogens is 1350 g/mol. The molecule has 0 bridgehead atoms. The van der Waals surface area contributed by atoms with E-state index >= 15 is 0 Å². The molecule has 0 unspecified atom stereocenters. The van der Waals surface area contributed by atoms with Gasteiger partial charge in [-0.1, -0.05) is 388 Å². The van der Waals surface area contributed by atoms with Crippen molar-refractivity contribution in [3.8, 4) is 34.5 Å². The molecule has 4 rings (SSSR count). The molecule has 0 N–H and O–H groups in total. The van der Waals surface area contributed by atoms with Gasteiger partial charge in [0.1, 0.15) is 0 Å². The van der Waals surface area contributed by atoms with Gasteiger partial charge in [0.05, 0.1) is 39.6 Å². The maximum atomic E-state index is 6.71. The minimum absolute atomic E-state index is 0.623. The molecule has 0 atom stereocenters. The Morgan fingerprint density at radius 2 is 0.324 bits per heavy atom. The first-order valence-corrected chi connectivity index (χ1v) is 47.4. The SMILES string of the molecule is CCCCCCCCCCCCOc1ccc(Sc2nc(Sc3ccc(OCCCCCCCCCCCC)c(OCCCCCCCCCCCC)c3)nc(Sc3ccc(OCCCCCCCCCCCC)c(OCCCCCCCCCCCC)c3)n2)cc1OCCCCCCCCCCCC. The van der Waals surface area contributed by atoms with Crippen LogP contribution in [0.3, 0.4) is 0 Å². The van der Waals surface area contributed by atoms with E-state index in [-0.39, 0.29) is 0 Å². The number of aromatic nitrogens is 3. The highest BCUT2D eigenvalue weighted by Gasteiger charge is 2.18. The normalized spacial score (nSPS) is 11.5. The fourth-order valence-corrected chi connectivity index (χ4v) is 16.3. The minimum atomic E-state index is 0.623. The zero-order chi connectivity index (χ0) is 74.4. The fourth-order valence-electron chi connectivity index (χ4n) is 13.8. The van der Waals surface area contributed by atoms with Crippen LogP contribution in [0.1, 0.15) is 427 Å². The van der Waals surface area contributed by atoms with Gasteiger partial charge >= 0.3 is 0 Å². The zero-order valence-electron chi connectivity index (χ0n) is 68.9. The molecule has 0 spiro atoms. The molecule has 12 heteroatoms. The van der Waals surface area contributed by atoms with Crippen LogP contribution >= 0.6 is 35.3 Å².